The zero-order valence-corrected chi connectivity index (χ0v) is 10.1. The van der Waals surface area contributed by atoms with Crippen molar-refractivity contribution in [2.75, 3.05) is 13.2 Å². The molecule has 0 saturated heterocycles. The number of ether oxygens (including phenoxy) is 1. The first-order chi connectivity index (χ1) is 6.67. The van der Waals surface area contributed by atoms with E-state index in [2.05, 4.69) is 32.7 Å². The molecule has 2 heteroatoms. The molecule has 0 fully saturated rings. The van der Waals surface area contributed by atoms with E-state index in [0.29, 0.717) is 6.04 Å². The maximum atomic E-state index is 5.74. The molecule has 0 saturated carbocycles. The molecule has 1 N–H and O–H groups in total. The van der Waals surface area contributed by atoms with Crippen LogP contribution in [0.5, 0.6) is 0 Å². The Bertz CT molecular complexity index is 150. The van der Waals surface area contributed by atoms with Crippen LogP contribution in [0.3, 0.4) is 0 Å². The van der Waals surface area contributed by atoms with Crippen LogP contribution >= 0.6 is 0 Å². The molecule has 0 bridgehead atoms. The van der Waals surface area contributed by atoms with E-state index in [9.17, 15) is 0 Å². The van der Waals surface area contributed by atoms with Gasteiger partial charge in [0.05, 0.1) is 12.1 Å². The molecule has 84 valence electrons. The van der Waals surface area contributed by atoms with E-state index in [0.717, 1.165) is 26.0 Å². The fourth-order valence-electron chi connectivity index (χ4n) is 1.69. The van der Waals surface area contributed by atoms with Crippen LogP contribution in [0.4, 0.5) is 0 Å². The second-order valence-electron chi connectivity index (χ2n) is 3.66. The number of hydrogen-bond donors (Lipinski definition) is 1. The Balaban J connectivity index is 4.29. The van der Waals surface area contributed by atoms with E-state index in [1.807, 2.05) is 6.92 Å². The summed E-state index contributed by atoms with van der Waals surface area (Å²) in [5, 5.41) is 3.43. The summed E-state index contributed by atoms with van der Waals surface area (Å²) in [6, 6.07) is 0.305. The molecule has 0 rings (SSSR count). The van der Waals surface area contributed by atoms with E-state index >= 15 is 0 Å². The molecule has 0 aromatic heterocycles. The summed E-state index contributed by atoms with van der Waals surface area (Å²) in [6.07, 6.45) is 2.53. The van der Waals surface area contributed by atoms with Crippen molar-refractivity contribution in [3.8, 4) is 0 Å². The predicted molar refractivity (Wildman–Crippen MR) is 62.6 cm³/mol. The maximum Gasteiger partial charge on any atom is 0.0766 e. The lowest BCUT2D eigenvalue weighted by atomic mass is 10.0. The van der Waals surface area contributed by atoms with Crippen LogP contribution in [-0.4, -0.2) is 25.3 Å². The van der Waals surface area contributed by atoms with Crippen molar-refractivity contribution in [2.24, 2.45) is 0 Å². The van der Waals surface area contributed by atoms with Crippen LogP contribution in [0.15, 0.2) is 12.2 Å². The zero-order valence-electron chi connectivity index (χ0n) is 10.1. The fraction of sp³-hybridized carbons (Fsp3) is 0.833. The Labute approximate surface area is 88.7 Å². The molecular weight excluding hydrogens is 174 g/mol. The van der Waals surface area contributed by atoms with Gasteiger partial charge in [0.25, 0.3) is 0 Å². The highest BCUT2D eigenvalue weighted by Gasteiger charge is 2.20. The molecule has 0 aromatic rings. The minimum Gasteiger partial charge on any atom is -0.377 e. The van der Waals surface area contributed by atoms with E-state index < -0.39 is 0 Å². The molecule has 0 aliphatic heterocycles. The Hall–Kier alpha value is -0.340. The van der Waals surface area contributed by atoms with Crippen molar-refractivity contribution in [1.82, 2.24) is 5.32 Å². The molecule has 14 heavy (non-hydrogen) atoms. The summed E-state index contributed by atoms with van der Waals surface area (Å²) >= 11 is 0. The number of likely N-dealkylation sites (N-methyl/N-ethyl adjacent to an activating group) is 1. The quantitative estimate of drug-likeness (QED) is 0.607. The standard InChI is InChI=1S/C12H25NO/c1-6-9-11(14-8-3)12(10(4)5)13-7-2/h11-13H,4,6-9H2,1-3,5H3. The maximum absolute atomic E-state index is 5.74. The van der Waals surface area contributed by atoms with Gasteiger partial charge in [-0.3, -0.25) is 0 Å². The Kier molecular flexibility index (Phi) is 7.81. The summed E-state index contributed by atoms with van der Waals surface area (Å²) in [4.78, 5) is 0. The van der Waals surface area contributed by atoms with E-state index in [-0.39, 0.29) is 6.10 Å². The number of rotatable bonds is 8. The van der Waals surface area contributed by atoms with Gasteiger partial charge in [-0.05, 0) is 26.8 Å². The fourth-order valence-corrected chi connectivity index (χ4v) is 1.69. The lowest BCUT2D eigenvalue weighted by molar-refractivity contribution is 0.0374. The summed E-state index contributed by atoms with van der Waals surface area (Å²) in [5.41, 5.74) is 1.17. The molecule has 0 amide bonds. The summed E-state index contributed by atoms with van der Waals surface area (Å²) in [5.74, 6) is 0. The average Bonchev–Trinajstić information content (AvgIpc) is 2.13. The molecule has 2 unspecified atom stereocenters. The minimum absolute atomic E-state index is 0.280. The average molecular weight is 199 g/mol. The van der Waals surface area contributed by atoms with Gasteiger partial charge >= 0.3 is 0 Å². The third-order valence-electron chi connectivity index (χ3n) is 2.28. The first-order valence-corrected chi connectivity index (χ1v) is 5.67. The predicted octanol–water partition coefficient (Wildman–Crippen LogP) is 2.75. The SMILES string of the molecule is C=C(C)C(NCC)C(CCC)OCC. The summed E-state index contributed by atoms with van der Waals surface area (Å²) < 4.78 is 5.74. The van der Waals surface area contributed by atoms with Crippen molar-refractivity contribution in [1.29, 1.82) is 0 Å². The summed E-state index contributed by atoms with van der Waals surface area (Å²) in [6.45, 7) is 14.2. The van der Waals surface area contributed by atoms with Crippen molar-refractivity contribution < 1.29 is 4.74 Å². The molecule has 0 aliphatic rings. The minimum atomic E-state index is 0.280. The van der Waals surface area contributed by atoms with Crippen LogP contribution in [-0.2, 0) is 4.74 Å². The zero-order chi connectivity index (χ0) is 11.0. The summed E-state index contributed by atoms with van der Waals surface area (Å²) in [7, 11) is 0. The first-order valence-electron chi connectivity index (χ1n) is 5.67. The number of nitrogens with one attached hydrogen (secondary N) is 1. The van der Waals surface area contributed by atoms with Gasteiger partial charge in [-0.15, -0.1) is 0 Å². The first kappa shape index (κ1) is 13.7. The molecule has 0 aromatic carbocycles. The van der Waals surface area contributed by atoms with Crippen molar-refractivity contribution in [3.05, 3.63) is 12.2 Å². The molecule has 0 radical (unpaired) electrons. The van der Waals surface area contributed by atoms with Crippen LogP contribution < -0.4 is 5.32 Å². The van der Waals surface area contributed by atoms with Gasteiger partial charge < -0.3 is 10.1 Å². The molecular formula is C12H25NO. The largest absolute Gasteiger partial charge is 0.377 e. The van der Waals surface area contributed by atoms with E-state index in [1.54, 1.807) is 0 Å². The normalized spacial score (nSPS) is 15.1. The second-order valence-corrected chi connectivity index (χ2v) is 3.66. The lowest BCUT2D eigenvalue weighted by Gasteiger charge is -2.27. The third-order valence-corrected chi connectivity index (χ3v) is 2.28. The van der Waals surface area contributed by atoms with Crippen molar-refractivity contribution in [2.45, 2.75) is 52.7 Å². The van der Waals surface area contributed by atoms with Gasteiger partial charge in [0.15, 0.2) is 0 Å². The molecule has 2 atom stereocenters. The van der Waals surface area contributed by atoms with Crippen molar-refractivity contribution >= 4 is 0 Å². The van der Waals surface area contributed by atoms with Gasteiger partial charge in [-0.2, -0.15) is 0 Å². The Morgan fingerprint density at radius 1 is 1.36 bits per heavy atom. The van der Waals surface area contributed by atoms with Crippen molar-refractivity contribution in [3.63, 3.8) is 0 Å². The molecule has 0 heterocycles. The molecule has 0 spiro atoms. The van der Waals surface area contributed by atoms with Gasteiger partial charge in [0.1, 0.15) is 0 Å². The second kappa shape index (κ2) is 8.01. The highest BCUT2D eigenvalue weighted by atomic mass is 16.5. The van der Waals surface area contributed by atoms with Crippen LogP contribution in [0, 0.1) is 0 Å². The van der Waals surface area contributed by atoms with E-state index in [4.69, 9.17) is 4.74 Å². The lowest BCUT2D eigenvalue weighted by Crippen LogP contribution is -2.42. The number of hydrogen-bond acceptors (Lipinski definition) is 2. The smallest absolute Gasteiger partial charge is 0.0766 e. The highest BCUT2D eigenvalue weighted by Crippen LogP contribution is 2.13. The monoisotopic (exact) mass is 199 g/mol. The third kappa shape index (κ3) is 4.77. The van der Waals surface area contributed by atoms with Gasteiger partial charge in [0, 0.05) is 6.61 Å². The Morgan fingerprint density at radius 2 is 2.00 bits per heavy atom. The van der Waals surface area contributed by atoms with Crippen LogP contribution in [0.1, 0.15) is 40.5 Å². The molecule has 2 nitrogen and oxygen atoms in total. The molecule has 0 aliphatic carbocycles. The van der Waals surface area contributed by atoms with Crippen LogP contribution in [0.2, 0.25) is 0 Å². The Morgan fingerprint density at radius 3 is 2.36 bits per heavy atom. The highest BCUT2D eigenvalue weighted by molar-refractivity contribution is 5.05. The van der Waals surface area contributed by atoms with Gasteiger partial charge in [0.2, 0.25) is 0 Å². The van der Waals surface area contributed by atoms with Gasteiger partial charge in [-0.1, -0.05) is 32.4 Å². The van der Waals surface area contributed by atoms with E-state index in [1.165, 1.54) is 5.57 Å². The van der Waals surface area contributed by atoms with Gasteiger partial charge in [-0.25, -0.2) is 0 Å². The van der Waals surface area contributed by atoms with Crippen LogP contribution in [0.25, 0.3) is 0 Å². The topological polar surface area (TPSA) is 21.3 Å².